The number of rotatable bonds is 8. The van der Waals surface area contributed by atoms with Gasteiger partial charge in [-0.2, -0.15) is 5.10 Å². The molecule has 2 aliphatic rings. The molecule has 3 aromatic heterocycles. The lowest BCUT2D eigenvalue weighted by Gasteiger charge is -2.43. The summed E-state index contributed by atoms with van der Waals surface area (Å²) < 4.78 is 13.3. The Morgan fingerprint density at radius 2 is 1.84 bits per heavy atom. The molecule has 10 nitrogen and oxygen atoms in total. The van der Waals surface area contributed by atoms with Crippen LogP contribution in [0.2, 0.25) is 0 Å². The van der Waals surface area contributed by atoms with Gasteiger partial charge in [0.1, 0.15) is 34.2 Å². The zero-order valence-electron chi connectivity index (χ0n) is 25.0. The summed E-state index contributed by atoms with van der Waals surface area (Å²) in [7, 11) is 4.96. The number of pyridine rings is 2. The van der Waals surface area contributed by atoms with E-state index in [1.165, 1.54) is 16.0 Å². The summed E-state index contributed by atoms with van der Waals surface area (Å²) >= 11 is 0. The first kappa shape index (κ1) is 27.7. The first-order valence-corrected chi connectivity index (χ1v) is 14.8. The van der Waals surface area contributed by atoms with Crippen LogP contribution in [0.5, 0.6) is 11.5 Å². The van der Waals surface area contributed by atoms with Crippen molar-refractivity contribution >= 4 is 22.9 Å². The number of hydrogen-bond donors (Lipinski definition) is 1. The van der Waals surface area contributed by atoms with Gasteiger partial charge in [-0.1, -0.05) is 30.3 Å². The van der Waals surface area contributed by atoms with Gasteiger partial charge in [0, 0.05) is 43.5 Å². The largest absolute Gasteiger partial charge is 0.497 e. The predicted octanol–water partition coefficient (Wildman–Crippen LogP) is 5.51. The smallest absolute Gasteiger partial charge is 0.407 e. The molecule has 10 heteroatoms. The normalized spacial score (nSPS) is 14.4. The van der Waals surface area contributed by atoms with E-state index in [0.717, 1.165) is 69.9 Å². The summed E-state index contributed by atoms with van der Waals surface area (Å²) in [6.45, 7) is 1.77. The number of methoxy groups -OCH3 is 2. The fourth-order valence-electron chi connectivity index (χ4n) is 6.24. The zero-order valence-corrected chi connectivity index (χ0v) is 25.0. The Balaban J connectivity index is 1.30. The van der Waals surface area contributed by atoms with E-state index in [9.17, 15) is 9.90 Å². The average Bonchev–Trinajstić information content (AvgIpc) is 3.65. The van der Waals surface area contributed by atoms with Gasteiger partial charge in [-0.25, -0.2) is 14.8 Å². The maximum absolute atomic E-state index is 11.3. The second-order valence-electron chi connectivity index (χ2n) is 11.4. The number of aryl methyl sites for hydroxylation is 1. The summed E-state index contributed by atoms with van der Waals surface area (Å²) in [5.41, 5.74) is 8.99. The van der Waals surface area contributed by atoms with E-state index in [4.69, 9.17) is 24.5 Å². The van der Waals surface area contributed by atoms with Gasteiger partial charge in [-0.05, 0) is 60.2 Å². The summed E-state index contributed by atoms with van der Waals surface area (Å²) in [6, 6.07) is 20.4. The van der Waals surface area contributed by atoms with Gasteiger partial charge in [-0.3, -0.25) is 4.68 Å². The highest BCUT2D eigenvalue weighted by Crippen LogP contribution is 2.39. The third-order valence-electron chi connectivity index (χ3n) is 8.86. The number of fused-ring (bicyclic) bond motifs is 2. The van der Waals surface area contributed by atoms with Crippen molar-refractivity contribution in [2.45, 2.75) is 31.8 Å². The molecule has 1 fully saturated rings. The molecule has 0 spiro atoms. The highest BCUT2D eigenvalue weighted by atomic mass is 16.5. The molecular formula is C34H34N6O4. The van der Waals surface area contributed by atoms with E-state index in [1.54, 1.807) is 21.3 Å². The molecule has 4 heterocycles. The lowest BCUT2D eigenvalue weighted by molar-refractivity contribution is 0.129. The molecule has 1 aliphatic carbocycles. The Morgan fingerprint density at radius 1 is 1.02 bits per heavy atom. The van der Waals surface area contributed by atoms with Crippen LogP contribution in [0.3, 0.4) is 0 Å². The standard InChI is InChI=1S/C34H34N6O4/c1-38(34(41)42)24-19-39(20-24)30-15-12-23(17-35-30)31-33-28(40(37-31)18-21-10-13-25(43-2)14-11-21)16-29(44-3)32(36-33)27-9-5-7-22-6-4-8-26(22)27/h5,7,9-17,24H,4,6,8,18-20H2,1-3H3,(H,41,42). The molecule has 1 saturated heterocycles. The highest BCUT2D eigenvalue weighted by molar-refractivity contribution is 5.93. The Labute approximate surface area is 255 Å². The quantitative estimate of drug-likeness (QED) is 0.252. The monoisotopic (exact) mass is 590 g/mol. The Bertz CT molecular complexity index is 1850. The maximum Gasteiger partial charge on any atom is 0.407 e. The van der Waals surface area contributed by atoms with Gasteiger partial charge in [-0.15, -0.1) is 0 Å². The lowest BCUT2D eigenvalue weighted by atomic mass is 9.99. The molecule has 224 valence electrons. The van der Waals surface area contributed by atoms with E-state index in [0.29, 0.717) is 25.4 Å². The minimum Gasteiger partial charge on any atom is -0.497 e. The van der Waals surface area contributed by atoms with Crippen LogP contribution < -0.4 is 14.4 Å². The van der Waals surface area contributed by atoms with Gasteiger partial charge in [0.25, 0.3) is 0 Å². The molecule has 0 saturated carbocycles. The van der Waals surface area contributed by atoms with Crippen molar-refractivity contribution in [3.8, 4) is 34.0 Å². The number of carboxylic acid groups (broad SMARTS) is 1. The number of amides is 1. The molecule has 1 N–H and O–H groups in total. The molecule has 1 amide bonds. The van der Waals surface area contributed by atoms with E-state index in [2.05, 4.69) is 23.1 Å². The van der Waals surface area contributed by atoms with Crippen LogP contribution >= 0.6 is 0 Å². The molecule has 0 unspecified atom stereocenters. The number of nitrogens with zero attached hydrogens (tertiary/aromatic N) is 6. The summed E-state index contributed by atoms with van der Waals surface area (Å²) in [5, 5.41) is 14.4. The zero-order chi connectivity index (χ0) is 30.4. The number of carbonyl (C=O) groups is 1. The van der Waals surface area contributed by atoms with E-state index < -0.39 is 6.09 Å². The van der Waals surface area contributed by atoms with Crippen LogP contribution in [-0.4, -0.2) is 76.2 Å². The van der Waals surface area contributed by atoms with Crippen molar-refractivity contribution in [2.75, 3.05) is 39.3 Å². The molecule has 1 aliphatic heterocycles. The van der Waals surface area contributed by atoms with Crippen LogP contribution in [0.25, 0.3) is 33.5 Å². The second-order valence-corrected chi connectivity index (χ2v) is 11.4. The van der Waals surface area contributed by atoms with E-state index in [-0.39, 0.29) is 6.04 Å². The van der Waals surface area contributed by atoms with Crippen LogP contribution in [0.1, 0.15) is 23.1 Å². The van der Waals surface area contributed by atoms with E-state index in [1.807, 2.05) is 53.3 Å². The lowest BCUT2D eigenvalue weighted by Crippen LogP contribution is -2.59. The van der Waals surface area contributed by atoms with Crippen molar-refractivity contribution < 1.29 is 19.4 Å². The topological polar surface area (TPSA) is 106 Å². The average molecular weight is 591 g/mol. The van der Waals surface area contributed by atoms with Gasteiger partial charge < -0.3 is 24.4 Å². The fraction of sp³-hybridized carbons (Fsp3) is 0.294. The Morgan fingerprint density at radius 3 is 2.55 bits per heavy atom. The molecule has 7 rings (SSSR count). The SMILES string of the molecule is COc1ccc(Cn2nc(-c3ccc(N4CC(N(C)C(=O)O)C4)nc3)c3nc(-c4cccc5c4CCC5)c(OC)cc32)cc1. The van der Waals surface area contributed by atoms with Crippen molar-refractivity contribution in [2.24, 2.45) is 0 Å². The minimum absolute atomic E-state index is 0.0383. The molecule has 5 aromatic rings. The number of benzene rings is 2. The van der Waals surface area contributed by atoms with Crippen molar-refractivity contribution in [3.05, 3.63) is 83.6 Å². The highest BCUT2D eigenvalue weighted by Gasteiger charge is 2.33. The minimum atomic E-state index is -0.918. The van der Waals surface area contributed by atoms with Crippen molar-refractivity contribution in [1.82, 2.24) is 24.6 Å². The van der Waals surface area contributed by atoms with Gasteiger partial charge in [0.15, 0.2) is 0 Å². The summed E-state index contributed by atoms with van der Waals surface area (Å²) in [4.78, 5) is 24.7. The fourth-order valence-corrected chi connectivity index (χ4v) is 6.24. The molecular weight excluding hydrogens is 556 g/mol. The van der Waals surface area contributed by atoms with Gasteiger partial charge in [0.2, 0.25) is 0 Å². The molecule has 2 aromatic carbocycles. The van der Waals surface area contributed by atoms with Crippen LogP contribution in [0, 0.1) is 0 Å². The van der Waals surface area contributed by atoms with E-state index >= 15 is 0 Å². The molecule has 44 heavy (non-hydrogen) atoms. The van der Waals surface area contributed by atoms with Crippen molar-refractivity contribution in [3.63, 3.8) is 0 Å². The number of aromatic nitrogens is 4. The Kier molecular flexibility index (Phi) is 7.04. The Hall–Kier alpha value is -5.12. The third-order valence-corrected chi connectivity index (χ3v) is 8.86. The number of ether oxygens (including phenoxy) is 2. The first-order chi connectivity index (χ1) is 21.4. The molecule has 0 atom stereocenters. The first-order valence-electron chi connectivity index (χ1n) is 14.8. The molecule has 0 bridgehead atoms. The van der Waals surface area contributed by atoms with Gasteiger partial charge in [0.05, 0.1) is 32.3 Å². The number of likely N-dealkylation sites (N-methyl/N-ethyl adjacent to an activating group) is 1. The number of hydrogen-bond acceptors (Lipinski definition) is 7. The van der Waals surface area contributed by atoms with Crippen LogP contribution in [-0.2, 0) is 19.4 Å². The maximum atomic E-state index is 11.3. The summed E-state index contributed by atoms with van der Waals surface area (Å²) in [6.07, 6.45) is 4.17. The van der Waals surface area contributed by atoms with Crippen molar-refractivity contribution in [1.29, 1.82) is 0 Å². The van der Waals surface area contributed by atoms with Gasteiger partial charge >= 0.3 is 6.09 Å². The number of anilines is 1. The second kappa shape index (κ2) is 11.2. The van der Waals surface area contributed by atoms with Crippen LogP contribution in [0.4, 0.5) is 10.6 Å². The summed E-state index contributed by atoms with van der Waals surface area (Å²) in [5.74, 6) is 2.32. The molecule has 0 radical (unpaired) electrons. The van der Waals surface area contributed by atoms with Crippen LogP contribution in [0.15, 0.2) is 66.9 Å². The third kappa shape index (κ3) is 4.86. The predicted molar refractivity (Wildman–Crippen MR) is 169 cm³/mol.